The number of fused-ring (bicyclic) bond motifs is 1. The molecule has 164 valence electrons. The molecule has 0 bridgehead atoms. The highest BCUT2D eigenvalue weighted by molar-refractivity contribution is 7.89. The SMILES string of the molecule is N=C(N)c1ccc2c(c1)[C@H](CC(=O)Nc1ccc(-c3ccccc3S(N)(=O)=O)cc1)CN2. The molecule has 0 aliphatic carbocycles. The van der Waals surface area contributed by atoms with Gasteiger partial charge in [-0.05, 0) is 47.5 Å². The molecule has 1 amide bonds. The first kappa shape index (κ1) is 21.5. The molecule has 3 aromatic rings. The predicted octanol–water partition coefficient (Wildman–Crippen LogP) is 2.82. The molecule has 9 heteroatoms. The van der Waals surface area contributed by atoms with Gasteiger partial charge in [0.2, 0.25) is 15.9 Å². The van der Waals surface area contributed by atoms with E-state index >= 15 is 0 Å². The van der Waals surface area contributed by atoms with E-state index in [1.165, 1.54) is 6.07 Å². The molecular weight excluding hydrogens is 426 g/mol. The molecule has 1 atom stereocenters. The van der Waals surface area contributed by atoms with Crippen molar-refractivity contribution in [1.29, 1.82) is 5.41 Å². The molecule has 32 heavy (non-hydrogen) atoms. The number of rotatable bonds is 6. The van der Waals surface area contributed by atoms with Gasteiger partial charge < -0.3 is 16.4 Å². The Labute approximate surface area is 186 Å². The summed E-state index contributed by atoms with van der Waals surface area (Å²) in [5.74, 6) is -0.173. The molecule has 7 N–H and O–H groups in total. The van der Waals surface area contributed by atoms with E-state index in [1.807, 2.05) is 12.1 Å². The van der Waals surface area contributed by atoms with Gasteiger partial charge >= 0.3 is 0 Å². The lowest BCUT2D eigenvalue weighted by Crippen LogP contribution is -2.17. The molecule has 0 saturated carbocycles. The number of nitrogen functional groups attached to an aromatic ring is 1. The number of carbonyl (C=O) groups excluding carboxylic acids is 1. The molecule has 1 aliphatic rings. The molecule has 0 spiro atoms. The van der Waals surface area contributed by atoms with Crippen molar-refractivity contribution in [2.45, 2.75) is 17.2 Å². The maximum absolute atomic E-state index is 12.6. The average Bonchev–Trinajstić information content (AvgIpc) is 3.15. The van der Waals surface area contributed by atoms with Gasteiger partial charge in [-0.15, -0.1) is 0 Å². The van der Waals surface area contributed by atoms with E-state index in [0.29, 0.717) is 28.9 Å². The number of hydrogen-bond donors (Lipinski definition) is 5. The Morgan fingerprint density at radius 2 is 1.81 bits per heavy atom. The monoisotopic (exact) mass is 449 g/mol. The lowest BCUT2D eigenvalue weighted by atomic mass is 9.95. The topological polar surface area (TPSA) is 151 Å². The van der Waals surface area contributed by atoms with Gasteiger partial charge in [-0.1, -0.05) is 30.3 Å². The summed E-state index contributed by atoms with van der Waals surface area (Å²) in [6.45, 7) is 0.632. The van der Waals surface area contributed by atoms with Crippen LogP contribution in [0.2, 0.25) is 0 Å². The van der Waals surface area contributed by atoms with Crippen molar-refractivity contribution in [3.63, 3.8) is 0 Å². The quantitative estimate of drug-likeness (QED) is 0.289. The summed E-state index contributed by atoms with van der Waals surface area (Å²) >= 11 is 0. The van der Waals surface area contributed by atoms with E-state index in [4.69, 9.17) is 16.3 Å². The van der Waals surface area contributed by atoms with Crippen LogP contribution in [-0.2, 0) is 14.8 Å². The van der Waals surface area contributed by atoms with E-state index < -0.39 is 10.0 Å². The second-order valence-corrected chi connectivity index (χ2v) is 9.19. The molecule has 8 nitrogen and oxygen atoms in total. The summed E-state index contributed by atoms with van der Waals surface area (Å²) in [6, 6.07) is 19.0. The van der Waals surface area contributed by atoms with Gasteiger partial charge in [0.25, 0.3) is 0 Å². The number of hydrogen-bond acceptors (Lipinski definition) is 5. The molecule has 0 aromatic heterocycles. The number of anilines is 2. The fourth-order valence-corrected chi connectivity index (χ4v) is 4.64. The Morgan fingerprint density at radius 1 is 1.09 bits per heavy atom. The summed E-state index contributed by atoms with van der Waals surface area (Å²) in [5, 5.41) is 19.1. The van der Waals surface area contributed by atoms with Crippen LogP contribution in [0.15, 0.2) is 71.6 Å². The van der Waals surface area contributed by atoms with Crippen LogP contribution in [0.5, 0.6) is 0 Å². The van der Waals surface area contributed by atoms with Gasteiger partial charge in [0.05, 0.1) is 4.90 Å². The Hall–Kier alpha value is -3.69. The van der Waals surface area contributed by atoms with Crippen molar-refractivity contribution in [3.05, 3.63) is 77.9 Å². The van der Waals surface area contributed by atoms with E-state index in [0.717, 1.165) is 11.3 Å². The molecule has 0 fully saturated rings. The normalized spacial score (nSPS) is 15.0. The lowest BCUT2D eigenvalue weighted by Gasteiger charge is -2.12. The third-order valence-electron chi connectivity index (χ3n) is 5.45. The highest BCUT2D eigenvalue weighted by Gasteiger charge is 2.25. The number of amides is 1. The van der Waals surface area contributed by atoms with Gasteiger partial charge in [-0.2, -0.15) is 0 Å². The summed E-state index contributed by atoms with van der Waals surface area (Å²) in [6.07, 6.45) is 0.275. The molecule has 1 aliphatic heterocycles. The smallest absolute Gasteiger partial charge is 0.238 e. The fourth-order valence-electron chi connectivity index (χ4n) is 3.88. The second-order valence-electron chi connectivity index (χ2n) is 7.66. The van der Waals surface area contributed by atoms with Crippen LogP contribution in [0, 0.1) is 5.41 Å². The third-order valence-corrected chi connectivity index (χ3v) is 6.42. The number of nitrogens with one attached hydrogen (secondary N) is 3. The molecule has 4 rings (SSSR count). The largest absolute Gasteiger partial charge is 0.384 e. The zero-order valence-electron chi connectivity index (χ0n) is 17.1. The van der Waals surface area contributed by atoms with E-state index in [9.17, 15) is 13.2 Å². The van der Waals surface area contributed by atoms with Gasteiger partial charge in [0.15, 0.2) is 0 Å². The van der Waals surface area contributed by atoms with Crippen molar-refractivity contribution in [2.24, 2.45) is 10.9 Å². The van der Waals surface area contributed by atoms with Crippen molar-refractivity contribution in [2.75, 3.05) is 17.2 Å². The van der Waals surface area contributed by atoms with Crippen molar-refractivity contribution >= 4 is 33.1 Å². The minimum absolute atomic E-state index is 0.00741. The van der Waals surface area contributed by atoms with Crippen LogP contribution in [0.25, 0.3) is 11.1 Å². The highest BCUT2D eigenvalue weighted by Crippen LogP contribution is 2.34. The fraction of sp³-hybridized carbons (Fsp3) is 0.130. The van der Waals surface area contributed by atoms with Crippen LogP contribution in [-0.4, -0.2) is 26.7 Å². The van der Waals surface area contributed by atoms with Crippen LogP contribution < -0.4 is 21.5 Å². The first-order valence-electron chi connectivity index (χ1n) is 9.96. The van der Waals surface area contributed by atoms with Gasteiger partial charge in [-0.3, -0.25) is 10.2 Å². The van der Waals surface area contributed by atoms with E-state index in [-0.39, 0.29) is 29.0 Å². The number of carbonyl (C=O) groups is 1. The second kappa shape index (κ2) is 8.45. The maximum Gasteiger partial charge on any atom is 0.238 e. The molecule has 0 unspecified atom stereocenters. The number of nitrogens with two attached hydrogens (primary N) is 2. The van der Waals surface area contributed by atoms with Crippen LogP contribution >= 0.6 is 0 Å². The van der Waals surface area contributed by atoms with Crippen LogP contribution in [0.3, 0.4) is 0 Å². The zero-order valence-corrected chi connectivity index (χ0v) is 17.9. The average molecular weight is 450 g/mol. The van der Waals surface area contributed by atoms with E-state index in [2.05, 4.69) is 10.6 Å². The van der Waals surface area contributed by atoms with Gasteiger partial charge in [-0.25, -0.2) is 13.6 Å². The number of primary sulfonamides is 1. The summed E-state index contributed by atoms with van der Waals surface area (Å²) in [5.41, 5.74) is 9.93. The Morgan fingerprint density at radius 3 is 2.50 bits per heavy atom. The van der Waals surface area contributed by atoms with Gasteiger partial charge in [0, 0.05) is 41.4 Å². The standard InChI is InChI=1S/C23H23N5O3S/c24-23(25)15-7-10-20-19(11-15)16(13-27-20)12-22(29)28-17-8-5-14(6-9-17)18-3-1-2-4-21(18)32(26,30)31/h1-11,16,27H,12-13H2,(H3,24,25)(H,28,29)(H2,26,30,31)/t16-/m1/s1. The Kier molecular flexibility index (Phi) is 5.68. The molecule has 3 aromatic carbocycles. The third kappa shape index (κ3) is 4.48. The van der Waals surface area contributed by atoms with Crippen molar-refractivity contribution in [3.8, 4) is 11.1 Å². The van der Waals surface area contributed by atoms with Crippen molar-refractivity contribution < 1.29 is 13.2 Å². The van der Waals surface area contributed by atoms with Crippen LogP contribution in [0.4, 0.5) is 11.4 Å². The number of amidine groups is 1. The number of sulfonamides is 1. The minimum atomic E-state index is -3.85. The summed E-state index contributed by atoms with van der Waals surface area (Å²) < 4.78 is 23.7. The maximum atomic E-state index is 12.6. The van der Waals surface area contributed by atoms with Crippen LogP contribution in [0.1, 0.15) is 23.5 Å². The lowest BCUT2D eigenvalue weighted by molar-refractivity contribution is -0.116. The molecule has 1 heterocycles. The van der Waals surface area contributed by atoms with E-state index in [1.54, 1.807) is 48.5 Å². The molecule has 0 radical (unpaired) electrons. The minimum Gasteiger partial charge on any atom is -0.384 e. The zero-order chi connectivity index (χ0) is 22.9. The first-order valence-corrected chi connectivity index (χ1v) is 11.5. The summed E-state index contributed by atoms with van der Waals surface area (Å²) in [4.78, 5) is 12.7. The number of benzene rings is 3. The molecular formula is C23H23N5O3S. The predicted molar refractivity (Wildman–Crippen MR) is 125 cm³/mol. The first-order chi connectivity index (χ1) is 15.2. The Balaban J connectivity index is 1.47. The van der Waals surface area contributed by atoms with Gasteiger partial charge in [0.1, 0.15) is 5.84 Å². The summed E-state index contributed by atoms with van der Waals surface area (Å²) in [7, 11) is -3.85. The molecule has 0 saturated heterocycles. The highest BCUT2D eigenvalue weighted by atomic mass is 32.2. The Bertz CT molecular complexity index is 1300. The van der Waals surface area contributed by atoms with Crippen molar-refractivity contribution in [1.82, 2.24) is 0 Å².